The molecule has 1 aliphatic carbocycles. The van der Waals surface area contributed by atoms with Gasteiger partial charge in [0.2, 0.25) is 5.95 Å². The molecule has 0 amide bonds. The maximum atomic E-state index is 4.68. The summed E-state index contributed by atoms with van der Waals surface area (Å²) in [5.41, 5.74) is 1.79. The summed E-state index contributed by atoms with van der Waals surface area (Å²) >= 11 is 0. The summed E-state index contributed by atoms with van der Waals surface area (Å²) in [7, 11) is 1.88. The number of nitrogens with one attached hydrogen (secondary N) is 1. The Bertz CT molecular complexity index is 819. The largest absolute Gasteiger partial charge is 0.321 e. The Morgan fingerprint density at radius 2 is 2.09 bits per heavy atom. The molecule has 23 heavy (non-hydrogen) atoms. The van der Waals surface area contributed by atoms with Gasteiger partial charge in [0.05, 0.1) is 29.5 Å². The van der Waals surface area contributed by atoms with E-state index < -0.39 is 0 Å². The van der Waals surface area contributed by atoms with Gasteiger partial charge < -0.3 is 5.32 Å². The molecule has 2 atom stereocenters. The first kappa shape index (κ1) is 14.2. The monoisotopic (exact) mass is 311 g/mol. The van der Waals surface area contributed by atoms with Gasteiger partial charge in [-0.05, 0) is 18.8 Å². The van der Waals surface area contributed by atoms with Crippen LogP contribution in [0.4, 0.5) is 11.6 Å². The summed E-state index contributed by atoms with van der Waals surface area (Å²) in [6.07, 6.45) is 12.3. The summed E-state index contributed by atoms with van der Waals surface area (Å²) in [6.45, 7) is 2.32. The molecule has 7 heteroatoms. The molecule has 0 bridgehead atoms. The van der Waals surface area contributed by atoms with Crippen LogP contribution in [0.5, 0.6) is 0 Å². The minimum absolute atomic E-state index is 0.442. The first-order valence-corrected chi connectivity index (χ1v) is 8.15. The lowest BCUT2D eigenvalue weighted by Crippen LogP contribution is -2.19. The first-order valence-electron chi connectivity index (χ1n) is 8.15. The normalized spacial score (nSPS) is 21.7. The molecule has 1 saturated carbocycles. The van der Waals surface area contributed by atoms with E-state index in [2.05, 4.69) is 37.1 Å². The van der Waals surface area contributed by atoms with Crippen LogP contribution < -0.4 is 5.32 Å². The zero-order chi connectivity index (χ0) is 15.8. The molecule has 4 rings (SSSR count). The lowest BCUT2D eigenvalue weighted by atomic mass is 9.87. The Hall–Kier alpha value is -2.44. The highest BCUT2D eigenvalue weighted by Crippen LogP contribution is 2.33. The molecule has 3 aromatic rings. The highest BCUT2D eigenvalue weighted by molar-refractivity contribution is 5.75. The number of fused-ring (bicyclic) bond motifs is 1. The molecule has 0 aliphatic heterocycles. The van der Waals surface area contributed by atoms with Gasteiger partial charge in [0.1, 0.15) is 0 Å². The predicted octanol–water partition coefficient (Wildman–Crippen LogP) is 3.05. The number of aromatic nitrogens is 6. The first-order chi connectivity index (χ1) is 11.2. The molecular weight excluding hydrogens is 290 g/mol. The van der Waals surface area contributed by atoms with E-state index in [-0.39, 0.29) is 0 Å². The van der Waals surface area contributed by atoms with Gasteiger partial charge >= 0.3 is 0 Å². The lowest BCUT2D eigenvalue weighted by molar-refractivity contribution is 0.271. The van der Waals surface area contributed by atoms with Crippen molar-refractivity contribution in [2.45, 2.75) is 38.6 Å². The van der Waals surface area contributed by atoms with Crippen LogP contribution in [0.25, 0.3) is 11.0 Å². The third-order valence-corrected chi connectivity index (χ3v) is 4.55. The van der Waals surface area contributed by atoms with Crippen molar-refractivity contribution in [3.63, 3.8) is 0 Å². The van der Waals surface area contributed by atoms with Crippen molar-refractivity contribution in [1.29, 1.82) is 0 Å². The van der Waals surface area contributed by atoms with E-state index in [1.54, 1.807) is 10.9 Å². The van der Waals surface area contributed by atoms with Crippen LogP contribution in [-0.4, -0.2) is 29.5 Å². The Kier molecular flexibility index (Phi) is 3.48. The zero-order valence-electron chi connectivity index (χ0n) is 13.5. The number of hydrogen-bond donors (Lipinski definition) is 1. The van der Waals surface area contributed by atoms with E-state index in [4.69, 9.17) is 0 Å². The Balaban J connectivity index is 1.65. The molecule has 2 unspecified atom stereocenters. The number of anilines is 2. The lowest BCUT2D eigenvalue weighted by Gasteiger charge is -2.27. The molecule has 1 fully saturated rings. The van der Waals surface area contributed by atoms with Crippen LogP contribution in [0.3, 0.4) is 0 Å². The zero-order valence-corrected chi connectivity index (χ0v) is 13.5. The van der Waals surface area contributed by atoms with Gasteiger partial charge in [0.25, 0.3) is 0 Å². The molecule has 0 saturated heterocycles. The van der Waals surface area contributed by atoms with Crippen LogP contribution in [0, 0.1) is 5.92 Å². The van der Waals surface area contributed by atoms with Crippen molar-refractivity contribution < 1.29 is 0 Å². The van der Waals surface area contributed by atoms with Crippen LogP contribution in [-0.2, 0) is 7.05 Å². The Morgan fingerprint density at radius 1 is 1.17 bits per heavy atom. The van der Waals surface area contributed by atoms with Crippen molar-refractivity contribution in [3.8, 4) is 0 Å². The maximum Gasteiger partial charge on any atom is 0.229 e. The third-order valence-electron chi connectivity index (χ3n) is 4.55. The standard InChI is InChI=1S/C16H21N7/c1-11-4-3-5-14(6-11)23-15-12(8-19-23)7-17-16(21-15)20-13-9-18-22(2)10-13/h7-11,14H,3-6H2,1-2H3,(H,17,20,21). The second kappa shape index (κ2) is 5.64. The third kappa shape index (κ3) is 2.78. The van der Waals surface area contributed by atoms with Gasteiger partial charge in [-0.25, -0.2) is 9.67 Å². The fourth-order valence-corrected chi connectivity index (χ4v) is 3.40. The summed E-state index contributed by atoms with van der Waals surface area (Å²) in [4.78, 5) is 9.05. The van der Waals surface area contributed by atoms with Gasteiger partial charge in [-0.15, -0.1) is 0 Å². The minimum Gasteiger partial charge on any atom is -0.321 e. The molecule has 7 nitrogen and oxygen atoms in total. The average molecular weight is 311 g/mol. The average Bonchev–Trinajstić information content (AvgIpc) is 3.13. The fraction of sp³-hybridized carbons (Fsp3) is 0.500. The predicted molar refractivity (Wildman–Crippen MR) is 88.5 cm³/mol. The van der Waals surface area contributed by atoms with E-state index >= 15 is 0 Å². The van der Waals surface area contributed by atoms with E-state index in [0.717, 1.165) is 22.6 Å². The Morgan fingerprint density at radius 3 is 2.87 bits per heavy atom. The maximum absolute atomic E-state index is 4.68. The van der Waals surface area contributed by atoms with Gasteiger partial charge in [-0.3, -0.25) is 4.68 Å². The van der Waals surface area contributed by atoms with Crippen molar-refractivity contribution in [1.82, 2.24) is 29.5 Å². The highest BCUT2D eigenvalue weighted by Gasteiger charge is 2.23. The highest BCUT2D eigenvalue weighted by atomic mass is 15.3. The summed E-state index contributed by atoms with van der Waals surface area (Å²) in [5, 5.41) is 12.9. The van der Waals surface area contributed by atoms with E-state index in [9.17, 15) is 0 Å². The van der Waals surface area contributed by atoms with E-state index in [0.29, 0.717) is 12.0 Å². The number of hydrogen-bond acceptors (Lipinski definition) is 5. The van der Waals surface area contributed by atoms with Crippen molar-refractivity contribution >= 4 is 22.7 Å². The van der Waals surface area contributed by atoms with Gasteiger partial charge in [0.15, 0.2) is 5.65 Å². The molecule has 1 N–H and O–H groups in total. The van der Waals surface area contributed by atoms with Gasteiger partial charge in [-0.2, -0.15) is 15.2 Å². The van der Waals surface area contributed by atoms with Crippen molar-refractivity contribution in [2.24, 2.45) is 13.0 Å². The topological polar surface area (TPSA) is 73.5 Å². The molecule has 0 spiro atoms. The summed E-state index contributed by atoms with van der Waals surface area (Å²) in [5.74, 6) is 1.33. The van der Waals surface area contributed by atoms with Gasteiger partial charge in [-0.1, -0.05) is 19.8 Å². The second-order valence-electron chi connectivity index (χ2n) is 6.51. The van der Waals surface area contributed by atoms with Crippen LogP contribution in [0.2, 0.25) is 0 Å². The molecule has 3 aromatic heterocycles. The summed E-state index contributed by atoms with van der Waals surface area (Å²) in [6, 6.07) is 0.442. The van der Waals surface area contributed by atoms with Crippen LogP contribution in [0.15, 0.2) is 24.8 Å². The second-order valence-corrected chi connectivity index (χ2v) is 6.51. The molecule has 3 heterocycles. The smallest absolute Gasteiger partial charge is 0.229 e. The minimum atomic E-state index is 0.442. The molecule has 0 aromatic carbocycles. The number of aryl methyl sites for hydroxylation is 1. The van der Waals surface area contributed by atoms with Crippen molar-refractivity contribution in [3.05, 3.63) is 24.8 Å². The molecule has 1 aliphatic rings. The van der Waals surface area contributed by atoms with Crippen LogP contribution >= 0.6 is 0 Å². The summed E-state index contributed by atoms with van der Waals surface area (Å²) < 4.78 is 3.83. The molecule has 0 radical (unpaired) electrons. The SMILES string of the molecule is CC1CCCC(n2ncc3cnc(Nc4cnn(C)c4)nc32)C1. The number of nitrogens with zero attached hydrogens (tertiary/aromatic N) is 6. The van der Waals surface area contributed by atoms with Gasteiger partial charge in [0, 0.05) is 19.4 Å². The molecular formula is C16H21N7. The van der Waals surface area contributed by atoms with Crippen molar-refractivity contribution in [2.75, 3.05) is 5.32 Å². The Labute approximate surface area is 134 Å². The van der Waals surface area contributed by atoms with Crippen LogP contribution in [0.1, 0.15) is 38.6 Å². The molecule has 120 valence electrons. The fourth-order valence-electron chi connectivity index (χ4n) is 3.40. The quantitative estimate of drug-likeness (QED) is 0.804. The van der Waals surface area contributed by atoms with E-state index in [1.807, 2.05) is 25.6 Å². The number of rotatable bonds is 3. The van der Waals surface area contributed by atoms with E-state index in [1.165, 1.54) is 25.7 Å².